The highest BCUT2D eigenvalue weighted by Gasteiger charge is 2.29. The molecule has 3 rings (SSSR count). The predicted molar refractivity (Wildman–Crippen MR) is 77.2 cm³/mol. The lowest BCUT2D eigenvalue weighted by atomic mass is 10.0. The number of carbonyl (C=O) groups is 2. The van der Waals surface area contributed by atoms with Gasteiger partial charge in [0.15, 0.2) is 0 Å². The second kappa shape index (κ2) is 5.17. The summed E-state index contributed by atoms with van der Waals surface area (Å²) in [7, 11) is 0. The van der Waals surface area contributed by atoms with Crippen molar-refractivity contribution in [2.45, 2.75) is 19.4 Å². The average Bonchev–Trinajstić information content (AvgIpc) is 2.79. The van der Waals surface area contributed by atoms with E-state index >= 15 is 0 Å². The Morgan fingerprint density at radius 1 is 1.43 bits per heavy atom. The maximum absolute atomic E-state index is 11.8. The number of nitrogens with zero attached hydrogens (tertiary/aromatic N) is 3. The molecule has 2 N–H and O–H groups in total. The molecule has 0 fully saturated rings. The molecule has 1 aliphatic rings. The van der Waals surface area contributed by atoms with Crippen LogP contribution in [0.15, 0.2) is 24.3 Å². The zero-order valence-corrected chi connectivity index (χ0v) is 11.9. The van der Waals surface area contributed by atoms with Crippen molar-refractivity contribution in [3.8, 4) is 0 Å². The molecule has 2 aromatic rings. The molecule has 0 saturated carbocycles. The Labute approximate surface area is 125 Å². The van der Waals surface area contributed by atoms with Crippen molar-refractivity contribution in [2.75, 3.05) is 10.6 Å². The minimum atomic E-state index is -0.277. The first kappa shape index (κ1) is 13.6. The van der Waals surface area contributed by atoms with Crippen LogP contribution in [0.25, 0.3) is 0 Å². The normalized spacial score (nSPS) is 17.0. The number of fused-ring (bicyclic) bond motifs is 1. The average molecular weight is 306 g/mol. The number of benzene rings is 1. The highest BCUT2D eigenvalue weighted by atomic mass is 35.5. The van der Waals surface area contributed by atoms with E-state index in [1.54, 1.807) is 16.8 Å². The van der Waals surface area contributed by atoms with Gasteiger partial charge >= 0.3 is 0 Å². The molecular formula is C13H12ClN5O2. The zero-order chi connectivity index (χ0) is 15.0. The molecule has 1 aromatic heterocycles. The highest BCUT2D eigenvalue weighted by molar-refractivity contribution is 6.30. The van der Waals surface area contributed by atoms with Gasteiger partial charge in [0.2, 0.25) is 17.8 Å². The fourth-order valence-corrected chi connectivity index (χ4v) is 2.34. The molecule has 0 radical (unpaired) electrons. The molecular weight excluding hydrogens is 294 g/mol. The molecule has 7 nitrogen and oxygen atoms in total. The summed E-state index contributed by atoms with van der Waals surface area (Å²) in [6.45, 7) is 1.37. The molecule has 1 atom stereocenters. The molecule has 0 spiro atoms. The van der Waals surface area contributed by atoms with Crippen LogP contribution in [-0.4, -0.2) is 26.6 Å². The van der Waals surface area contributed by atoms with E-state index in [0.717, 1.165) is 5.56 Å². The van der Waals surface area contributed by atoms with Gasteiger partial charge in [-0.05, 0) is 17.7 Å². The Bertz CT molecular complexity index is 710. The summed E-state index contributed by atoms with van der Waals surface area (Å²) in [5.41, 5.74) is 0.898. The lowest BCUT2D eigenvalue weighted by Crippen LogP contribution is -2.29. The van der Waals surface area contributed by atoms with Gasteiger partial charge in [-0.1, -0.05) is 23.7 Å². The second-order valence-electron chi connectivity index (χ2n) is 4.70. The summed E-state index contributed by atoms with van der Waals surface area (Å²) in [5, 5.41) is 9.99. The summed E-state index contributed by atoms with van der Waals surface area (Å²) >= 11 is 5.88. The summed E-state index contributed by atoms with van der Waals surface area (Å²) in [4.78, 5) is 27.0. The molecule has 108 valence electrons. The van der Waals surface area contributed by atoms with Crippen LogP contribution in [0.2, 0.25) is 5.02 Å². The van der Waals surface area contributed by atoms with Crippen molar-refractivity contribution in [3.63, 3.8) is 0 Å². The van der Waals surface area contributed by atoms with E-state index in [0.29, 0.717) is 11.0 Å². The van der Waals surface area contributed by atoms with Gasteiger partial charge in [0.1, 0.15) is 0 Å². The molecule has 0 unspecified atom stereocenters. The van der Waals surface area contributed by atoms with Crippen molar-refractivity contribution in [3.05, 3.63) is 34.9 Å². The Hall–Kier alpha value is -2.41. The fourth-order valence-electron chi connectivity index (χ4n) is 2.22. The van der Waals surface area contributed by atoms with Crippen LogP contribution in [0.3, 0.4) is 0 Å². The third-order valence-electron chi connectivity index (χ3n) is 3.10. The molecule has 2 amide bonds. The lowest BCUT2D eigenvalue weighted by molar-refractivity contribution is -0.117. The number of hydrogen-bond acceptors (Lipinski definition) is 4. The zero-order valence-electron chi connectivity index (χ0n) is 11.1. The van der Waals surface area contributed by atoms with Gasteiger partial charge in [0.25, 0.3) is 5.95 Å². The summed E-state index contributed by atoms with van der Waals surface area (Å²) in [5.74, 6) is 0.0603. The minimum absolute atomic E-state index is 0.149. The molecule has 1 aliphatic heterocycles. The van der Waals surface area contributed by atoms with Gasteiger partial charge in [-0.2, -0.15) is 4.98 Å². The van der Waals surface area contributed by atoms with Crippen LogP contribution in [0.1, 0.15) is 24.9 Å². The third kappa shape index (κ3) is 2.73. The number of anilines is 2. The van der Waals surface area contributed by atoms with E-state index in [9.17, 15) is 9.59 Å². The fraction of sp³-hybridized carbons (Fsp3) is 0.231. The van der Waals surface area contributed by atoms with Gasteiger partial charge in [-0.15, -0.1) is 5.10 Å². The van der Waals surface area contributed by atoms with Crippen molar-refractivity contribution >= 4 is 35.3 Å². The Kier molecular flexibility index (Phi) is 3.34. The maximum Gasteiger partial charge on any atom is 0.250 e. The van der Waals surface area contributed by atoms with E-state index in [2.05, 4.69) is 20.7 Å². The first-order valence-electron chi connectivity index (χ1n) is 6.32. The van der Waals surface area contributed by atoms with Crippen LogP contribution < -0.4 is 10.6 Å². The van der Waals surface area contributed by atoms with Gasteiger partial charge in [0, 0.05) is 11.9 Å². The predicted octanol–water partition coefficient (Wildman–Crippen LogP) is 1.82. The summed E-state index contributed by atoms with van der Waals surface area (Å²) in [6.07, 6.45) is 0.248. The van der Waals surface area contributed by atoms with E-state index in [-0.39, 0.29) is 30.2 Å². The number of amides is 2. The van der Waals surface area contributed by atoms with Crippen molar-refractivity contribution < 1.29 is 9.59 Å². The Balaban J connectivity index is 2.00. The van der Waals surface area contributed by atoms with E-state index in [1.807, 2.05) is 12.1 Å². The number of rotatable bonds is 2. The van der Waals surface area contributed by atoms with Crippen LogP contribution in [0, 0.1) is 0 Å². The number of carbonyl (C=O) groups excluding carboxylic acids is 2. The monoisotopic (exact) mass is 305 g/mol. The number of hydrogen-bond donors (Lipinski definition) is 2. The summed E-state index contributed by atoms with van der Waals surface area (Å²) in [6, 6.07) is 6.93. The second-order valence-corrected chi connectivity index (χ2v) is 5.14. The first-order chi connectivity index (χ1) is 10.0. The van der Waals surface area contributed by atoms with E-state index < -0.39 is 0 Å². The van der Waals surface area contributed by atoms with Gasteiger partial charge in [-0.3, -0.25) is 20.2 Å². The number of aromatic nitrogens is 3. The standard InChI is InChI=1S/C13H12ClN5O2/c1-7(20)15-12-17-13-16-11(21)6-10(19(13)18-12)8-2-4-9(14)5-3-8/h2-5,10H,6H2,1H3,(H2,15,16,17,18,20,21)/t10-/m1/s1. The highest BCUT2D eigenvalue weighted by Crippen LogP contribution is 2.30. The van der Waals surface area contributed by atoms with Crippen LogP contribution in [0.5, 0.6) is 0 Å². The SMILES string of the molecule is CC(=O)Nc1nc2n(n1)[C@@H](c1ccc(Cl)cc1)CC(=O)N2. The van der Waals surface area contributed by atoms with Crippen molar-refractivity contribution in [1.29, 1.82) is 0 Å². The van der Waals surface area contributed by atoms with E-state index in [4.69, 9.17) is 11.6 Å². The topological polar surface area (TPSA) is 88.9 Å². The number of nitrogens with one attached hydrogen (secondary N) is 2. The molecule has 1 aromatic carbocycles. The maximum atomic E-state index is 11.8. The summed E-state index contributed by atoms with van der Waals surface area (Å²) < 4.78 is 1.59. The van der Waals surface area contributed by atoms with Crippen molar-refractivity contribution in [2.24, 2.45) is 0 Å². The largest absolute Gasteiger partial charge is 0.295 e. The minimum Gasteiger partial charge on any atom is -0.295 e. The Morgan fingerprint density at radius 2 is 2.14 bits per heavy atom. The molecule has 0 aliphatic carbocycles. The molecule has 0 saturated heterocycles. The molecule has 0 bridgehead atoms. The molecule has 2 heterocycles. The first-order valence-corrected chi connectivity index (χ1v) is 6.70. The van der Waals surface area contributed by atoms with Gasteiger partial charge in [-0.25, -0.2) is 4.68 Å². The molecule has 8 heteroatoms. The van der Waals surface area contributed by atoms with Gasteiger partial charge < -0.3 is 0 Å². The smallest absolute Gasteiger partial charge is 0.250 e. The lowest BCUT2D eigenvalue weighted by Gasteiger charge is -2.23. The van der Waals surface area contributed by atoms with Crippen LogP contribution in [0.4, 0.5) is 11.9 Å². The molecule has 21 heavy (non-hydrogen) atoms. The number of halogens is 1. The Morgan fingerprint density at radius 3 is 2.81 bits per heavy atom. The van der Waals surface area contributed by atoms with E-state index in [1.165, 1.54) is 6.92 Å². The quantitative estimate of drug-likeness (QED) is 0.885. The van der Waals surface area contributed by atoms with Crippen molar-refractivity contribution in [1.82, 2.24) is 14.8 Å². The third-order valence-corrected chi connectivity index (χ3v) is 3.35. The van der Waals surface area contributed by atoms with Crippen LogP contribution >= 0.6 is 11.6 Å². The van der Waals surface area contributed by atoms with Crippen LogP contribution in [-0.2, 0) is 9.59 Å². The van der Waals surface area contributed by atoms with Gasteiger partial charge in [0.05, 0.1) is 12.5 Å².